The van der Waals surface area contributed by atoms with E-state index in [1.165, 1.54) is 0 Å². The Morgan fingerprint density at radius 3 is 2.67 bits per heavy atom. The van der Waals surface area contributed by atoms with E-state index in [0.29, 0.717) is 12.1 Å². The average Bonchev–Trinajstić information content (AvgIpc) is 2.55. The Labute approximate surface area is 109 Å². The zero-order chi connectivity index (χ0) is 13.3. The van der Waals surface area contributed by atoms with E-state index in [9.17, 15) is 9.59 Å². The number of carbonyl (C=O) groups is 2. The molecule has 1 amide bonds. The Morgan fingerprint density at radius 1 is 1.28 bits per heavy atom. The van der Waals surface area contributed by atoms with Crippen LogP contribution >= 0.6 is 0 Å². The van der Waals surface area contributed by atoms with Crippen molar-refractivity contribution in [3.05, 3.63) is 23.3 Å². The van der Waals surface area contributed by atoms with E-state index in [1.807, 2.05) is 13.0 Å². The van der Waals surface area contributed by atoms with Crippen LogP contribution in [0.2, 0.25) is 0 Å². The number of hydrogen-bond donors (Lipinski definition) is 0. The summed E-state index contributed by atoms with van der Waals surface area (Å²) >= 11 is 0. The van der Waals surface area contributed by atoms with Crippen molar-refractivity contribution in [3.8, 4) is 0 Å². The summed E-state index contributed by atoms with van der Waals surface area (Å²) in [5.74, 6) is -0.366. The van der Waals surface area contributed by atoms with E-state index in [2.05, 4.69) is 19.9 Å². The first-order valence-electron chi connectivity index (χ1n) is 6.81. The minimum atomic E-state index is -0.308. The van der Waals surface area contributed by atoms with Crippen LogP contribution < -0.4 is 0 Å². The highest BCUT2D eigenvalue weighted by Crippen LogP contribution is 2.33. The Hall–Kier alpha value is -1.38. The number of unbranched alkanes of at least 4 members (excludes halogenated alkanes) is 2. The van der Waals surface area contributed by atoms with Crippen molar-refractivity contribution in [1.82, 2.24) is 4.90 Å². The average molecular weight is 247 g/mol. The first kappa shape index (κ1) is 13.1. The summed E-state index contributed by atoms with van der Waals surface area (Å²) < 4.78 is 0. The SMILES string of the molecule is CCCCCN1C(=O)C(=O)C2=CC(C)=CC(C)C21. The van der Waals surface area contributed by atoms with Gasteiger partial charge in [-0.2, -0.15) is 0 Å². The molecule has 0 bridgehead atoms. The molecule has 2 atom stereocenters. The molecule has 3 heteroatoms. The normalized spacial score (nSPS) is 27.2. The van der Waals surface area contributed by atoms with Gasteiger partial charge in [0, 0.05) is 12.1 Å². The summed E-state index contributed by atoms with van der Waals surface area (Å²) in [6, 6.07) is -0.0226. The van der Waals surface area contributed by atoms with Gasteiger partial charge in [-0.25, -0.2) is 0 Å². The first-order chi connectivity index (χ1) is 8.56. The van der Waals surface area contributed by atoms with Crippen molar-refractivity contribution >= 4 is 11.7 Å². The zero-order valence-corrected chi connectivity index (χ0v) is 11.4. The summed E-state index contributed by atoms with van der Waals surface area (Å²) in [5.41, 5.74) is 1.79. The predicted molar refractivity (Wildman–Crippen MR) is 71.0 cm³/mol. The molecule has 1 fully saturated rings. The molecule has 2 rings (SSSR count). The largest absolute Gasteiger partial charge is 0.328 e. The molecule has 18 heavy (non-hydrogen) atoms. The van der Waals surface area contributed by atoms with Crippen molar-refractivity contribution in [2.75, 3.05) is 6.54 Å². The number of carbonyl (C=O) groups excluding carboxylic acids is 2. The Kier molecular flexibility index (Phi) is 3.69. The Balaban J connectivity index is 2.20. The number of amides is 1. The second kappa shape index (κ2) is 5.09. The lowest BCUT2D eigenvalue weighted by atomic mass is 9.87. The lowest BCUT2D eigenvalue weighted by molar-refractivity contribution is -0.140. The van der Waals surface area contributed by atoms with Crippen LogP contribution in [0.1, 0.15) is 40.0 Å². The monoisotopic (exact) mass is 247 g/mol. The number of ketones is 1. The lowest BCUT2D eigenvalue weighted by Gasteiger charge is -2.30. The molecule has 0 aromatic rings. The topological polar surface area (TPSA) is 37.4 Å². The minimum Gasteiger partial charge on any atom is -0.328 e. The van der Waals surface area contributed by atoms with E-state index >= 15 is 0 Å². The van der Waals surface area contributed by atoms with Gasteiger partial charge in [0.15, 0.2) is 0 Å². The fourth-order valence-corrected chi connectivity index (χ4v) is 2.97. The fraction of sp³-hybridized carbons (Fsp3) is 0.600. The van der Waals surface area contributed by atoms with Gasteiger partial charge < -0.3 is 4.90 Å². The molecular weight excluding hydrogens is 226 g/mol. The van der Waals surface area contributed by atoms with Crippen LogP contribution in [-0.2, 0) is 9.59 Å². The Bertz CT molecular complexity index is 434. The second-order valence-electron chi connectivity index (χ2n) is 5.35. The molecule has 1 aliphatic carbocycles. The number of hydrogen-bond acceptors (Lipinski definition) is 2. The van der Waals surface area contributed by atoms with Gasteiger partial charge in [-0.1, -0.05) is 44.4 Å². The van der Waals surface area contributed by atoms with Gasteiger partial charge >= 0.3 is 0 Å². The quantitative estimate of drug-likeness (QED) is 0.565. The molecule has 0 N–H and O–H groups in total. The minimum absolute atomic E-state index is 0.0226. The number of allylic oxidation sites excluding steroid dienone is 2. The zero-order valence-electron chi connectivity index (χ0n) is 11.4. The van der Waals surface area contributed by atoms with Crippen LogP contribution in [0.15, 0.2) is 23.3 Å². The molecule has 98 valence electrons. The van der Waals surface area contributed by atoms with Crippen molar-refractivity contribution in [3.63, 3.8) is 0 Å². The molecule has 0 saturated carbocycles. The highest BCUT2D eigenvalue weighted by molar-refractivity contribution is 6.45. The maximum Gasteiger partial charge on any atom is 0.295 e. The van der Waals surface area contributed by atoms with Crippen molar-refractivity contribution in [1.29, 1.82) is 0 Å². The molecule has 3 nitrogen and oxygen atoms in total. The first-order valence-corrected chi connectivity index (χ1v) is 6.81. The van der Waals surface area contributed by atoms with E-state index in [0.717, 1.165) is 24.8 Å². The standard InChI is InChI=1S/C15H21NO2/c1-4-5-6-7-16-13-11(3)8-10(2)9-12(13)14(17)15(16)18/h8-9,11,13H,4-7H2,1-3H3. The van der Waals surface area contributed by atoms with Crippen LogP contribution in [-0.4, -0.2) is 29.2 Å². The molecule has 0 spiro atoms. The molecule has 0 aromatic carbocycles. The number of rotatable bonds is 4. The number of likely N-dealkylation sites (tertiary alicyclic amines) is 1. The summed E-state index contributed by atoms with van der Waals surface area (Å²) in [7, 11) is 0. The molecular formula is C15H21NO2. The summed E-state index contributed by atoms with van der Waals surface area (Å²) in [4.78, 5) is 25.8. The van der Waals surface area contributed by atoms with Crippen LogP contribution in [0.4, 0.5) is 0 Å². The third-order valence-corrected chi connectivity index (χ3v) is 3.78. The van der Waals surface area contributed by atoms with Gasteiger partial charge in [0.05, 0.1) is 6.04 Å². The van der Waals surface area contributed by atoms with Crippen molar-refractivity contribution in [2.45, 2.75) is 46.1 Å². The van der Waals surface area contributed by atoms with Gasteiger partial charge in [0.1, 0.15) is 0 Å². The summed E-state index contributed by atoms with van der Waals surface area (Å²) in [6.45, 7) is 6.91. The molecule has 1 aliphatic heterocycles. The van der Waals surface area contributed by atoms with E-state index in [4.69, 9.17) is 0 Å². The van der Waals surface area contributed by atoms with Crippen molar-refractivity contribution in [2.24, 2.45) is 5.92 Å². The van der Waals surface area contributed by atoms with Crippen LogP contribution in [0, 0.1) is 5.92 Å². The van der Waals surface area contributed by atoms with E-state index in [-0.39, 0.29) is 23.7 Å². The second-order valence-corrected chi connectivity index (χ2v) is 5.35. The molecule has 1 heterocycles. The van der Waals surface area contributed by atoms with Crippen LogP contribution in [0.3, 0.4) is 0 Å². The maximum atomic E-state index is 12.0. The highest BCUT2D eigenvalue weighted by Gasteiger charge is 2.45. The van der Waals surface area contributed by atoms with E-state index < -0.39 is 0 Å². The smallest absolute Gasteiger partial charge is 0.295 e. The van der Waals surface area contributed by atoms with Crippen LogP contribution in [0.25, 0.3) is 0 Å². The third-order valence-electron chi connectivity index (χ3n) is 3.78. The maximum absolute atomic E-state index is 12.0. The lowest BCUT2D eigenvalue weighted by Crippen LogP contribution is -2.39. The van der Waals surface area contributed by atoms with Gasteiger partial charge in [-0.15, -0.1) is 0 Å². The number of nitrogens with zero attached hydrogens (tertiary/aromatic N) is 1. The number of Topliss-reactive ketones (excluding diaryl/α,β-unsaturated/α-hetero) is 1. The van der Waals surface area contributed by atoms with Gasteiger partial charge in [-0.3, -0.25) is 9.59 Å². The van der Waals surface area contributed by atoms with Crippen molar-refractivity contribution < 1.29 is 9.59 Å². The molecule has 0 radical (unpaired) electrons. The van der Waals surface area contributed by atoms with Crippen LogP contribution in [0.5, 0.6) is 0 Å². The van der Waals surface area contributed by atoms with Gasteiger partial charge in [-0.05, 0) is 19.3 Å². The summed E-state index contributed by atoms with van der Waals surface area (Å²) in [5, 5.41) is 0. The predicted octanol–water partition coefficient (Wildman–Crippen LogP) is 2.48. The molecule has 2 unspecified atom stereocenters. The van der Waals surface area contributed by atoms with Gasteiger partial charge in [0.25, 0.3) is 5.91 Å². The van der Waals surface area contributed by atoms with Gasteiger partial charge in [0.2, 0.25) is 5.78 Å². The molecule has 1 saturated heterocycles. The molecule has 0 aromatic heterocycles. The number of fused-ring (bicyclic) bond motifs is 1. The fourth-order valence-electron chi connectivity index (χ4n) is 2.97. The van der Waals surface area contributed by atoms with E-state index in [1.54, 1.807) is 4.90 Å². The Morgan fingerprint density at radius 2 is 2.00 bits per heavy atom. The third kappa shape index (κ3) is 2.14. The molecule has 2 aliphatic rings. The summed E-state index contributed by atoms with van der Waals surface area (Å²) in [6.07, 6.45) is 7.23. The highest BCUT2D eigenvalue weighted by atomic mass is 16.2.